The van der Waals surface area contributed by atoms with Crippen molar-refractivity contribution in [1.29, 1.82) is 0 Å². The van der Waals surface area contributed by atoms with E-state index in [0.29, 0.717) is 12.0 Å². The Hall–Kier alpha value is -0.530. The summed E-state index contributed by atoms with van der Waals surface area (Å²) in [6.07, 6.45) is 3.49. The van der Waals surface area contributed by atoms with Crippen LogP contribution in [0.1, 0.15) is 53.9 Å². The van der Waals surface area contributed by atoms with Crippen molar-refractivity contribution >= 4 is 5.91 Å². The number of hydrogen-bond donors (Lipinski definition) is 1. The molecule has 0 aromatic rings. The first-order valence-electron chi connectivity index (χ1n) is 5.79. The van der Waals surface area contributed by atoms with Gasteiger partial charge in [-0.15, -0.1) is 0 Å². The molecule has 0 aromatic carbocycles. The maximum atomic E-state index is 11.5. The molecule has 0 aliphatic heterocycles. The van der Waals surface area contributed by atoms with Crippen molar-refractivity contribution < 1.29 is 4.79 Å². The highest BCUT2D eigenvalue weighted by Crippen LogP contribution is 2.10. The Morgan fingerprint density at radius 2 is 1.79 bits per heavy atom. The van der Waals surface area contributed by atoms with E-state index in [0.717, 1.165) is 6.42 Å². The lowest BCUT2D eigenvalue weighted by atomic mass is 9.98. The maximum absolute atomic E-state index is 11.5. The molecule has 0 fully saturated rings. The number of amides is 1. The van der Waals surface area contributed by atoms with Gasteiger partial charge in [0, 0.05) is 12.0 Å². The fraction of sp³-hybridized carbons (Fsp3) is 0.917. The molecule has 0 heterocycles. The van der Waals surface area contributed by atoms with Gasteiger partial charge in [-0.05, 0) is 12.3 Å². The van der Waals surface area contributed by atoms with Crippen molar-refractivity contribution in [2.24, 2.45) is 11.8 Å². The van der Waals surface area contributed by atoms with E-state index in [1.807, 2.05) is 13.8 Å². The molecule has 0 saturated heterocycles. The molecule has 0 aromatic heterocycles. The number of nitrogens with one attached hydrogen (secondary N) is 1. The molecule has 0 radical (unpaired) electrons. The summed E-state index contributed by atoms with van der Waals surface area (Å²) in [6, 6.07) is 0.352. The first-order valence-corrected chi connectivity index (χ1v) is 5.79. The molecule has 1 unspecified atom stereocenters. The molecule has 0 aliphatic carbocycles. The number of carbonyl (C=O) groups excluding carboxylic acids is 1. The van der Waals surface area contributed by atoms with Gasteiger partial charge in [0.15, 0.2) is 0 Å². The maximum Gasteiger partial charge on any atom is 0.222 e. The van der Waals surface area contributed by atoms with Crippen LogP contribution in [0.2, 0.25) is 0 Å². The smallest absolute Gasteiger partial charge is 0.222 e. The first kappa shape index (κ1) is 13.5. The average Bonchev–Trinajstić information content (AvgIpc) is 2.10. The second kappa shape index (κ2) is 6.86. The lowest BCUT2D eigenvalue weighted by molar-refractivity contribution is -0.125. The van der Waals surface area contributed by atoms with Crippen molar-refractivity contribution in [3.63, 3.8) is 0 Å². The van der Waals surface area contributed by atoms with Crippen LogP contribution in [0.4, 0.5) is 0 Å². The molecule has 2 nitrogen and oxygen atoms in total. The molecule has 1 amide bonds. The third-order valence-electron chi connectivity index (χ3n) is 2.53. The van der Waals surface area contributed by atoms with Crippen LogP contribution in [-0.4, -0.2) is 11.9 Å². The quantitative estimate of drug-likeness (QED) is 0.700. The average molecular weight is 199 g/mol. The molecule has 14 heavy (non-hydrogen) atoms. The van der Waals surface area contributed by atoms with Crippen molar-refractivity contribution in [2.45, 2.75) is 59.9 Å². The Balaban J connectivity index is 4.02. The number of hydrogen-bond acceptors (Lipinski definition) is 1. The third kappa shape index (κ3) is 5.25. The van der Waals surface area contributed by atoms with Crippen LogP contribution in [0.5, 0.6) is 0 Å². The lowest BCUT2D eigenvalue weighted by Crippen LogP contribution is -2.40. The van der Waals surface area contributed by atoms with Gasteiger partial charge in [-0.3, -0.25) is 4.79 Å². The summed E-state index contributed by atoms with van der Waals surface area (Å²) in [5.74, 6) is 0.807. The van der Waals surface area contributed by atoms with Crippen LogP contribution in [-0.2, 0) is 4.79 Å². The van der Waals surface area contributed by atoms with E-state index >= 15 is 0 Å². The molecule has 2 heteroatoms. The Kier molecular flexibility index (Phi) is 6.60. The minimum absolute atomic E-state index is 0.0953. The highest BCUT2D eigenvalue weighted by Gasteiger charge is 2.16. The summed E-state index contributed by atoms with van der Waals surface area (Å²) in [6.45, 7) is 10.4. The van der Waals surface area contributed by atoms with E-state index in [4.69, 9.17) is 0 Å². The molecule has 1 N–H and O–H groups in total. The van der Waals surface area contributed by atoms with Gasteiger partial charge < -0.3 is 5.32 Å². The molecule has 84 valence electrons. The highest BCUT2D eigenvalue weighted by atomic mass is 16.1. The molecule has 0 spiro atoms. The monoisotopic (exact) mass is 199 g/mol. The van der Waals surface area contributed by atoms with E-state index in [1.165, 1.54) is 12.8 Å². The summed E-state index contributed by atoms with van der Waals surface area (Å²) in [5, 5.41) is 3.11. The van der Waals surface area contributed by atoms with E-state index in [2.05, 4.69) is 26.1 Å². The Labute approximate surface area is 88.5 Å². The third-order valence-corrected chi connectivity index (χ3v) is 2.53. The minimum Gasteiger partial charge on any atom is -0.353 e. The van der Waals surface area contributed by atoms with Crippen molar-refractivity contribution in [1.82, 2.24) is 5.32 Å². The summed E-state index contributed by atoms with van der Waals surface area (Å²) in [5.41, 5.74) is 0. The predicted octanol–water partition coefficient (Wildman–Crippen LogP) is 2.97. The minimum atomic E-state index is 0.0953. The van der Waals surface area contributed by atoms with Crippen LogP contribution in [0.3, 0.4) is 0 Å². The van der Waals surface area contributed by atoms with Crippen LogP contribution in [0.15, 0.2) is 0 Å². The van der Waals surface area contributed by atoms with Crippen LogP contribution < -0.4 is 5.32 Å². The molecule has 0 rings (SSSR count). The standard InChI is InChI=1S/C12H25NO/c1-6-7-8-11(9(2)3)13-12(14)10(4)5/h9-11H,6-8H2,1-5H3,(H,13,14). The van der Waals surface area contributed by atoms with E-state index in [-0.39, 0.29) is 11.8 Å². The molecule has 0 aliphatic rings. The predicted molar refractivity (Wildman–Crippen MR) is 61.1 cm³/mol. The topological polar surface area (TPSA) is 29.1 Å². The number of unbranched alkanes of at least 4 members (excludes halogenated alkanes) is 1. The molecule has 1 atom stereocenters. The van der Waals surface area contributed by atoms with Gasteiger partial charge in [-0.25, -0.2) is 0 Å². The molecular formula is C12H25NO. The van der Waals surface area contributed by atoms with E-state index in [9.17, 15) is 4.79 Å². The van der Waals surface area contributed by atoms with Crippen LogP contribution in [0.25, 0.3) is 0 Å². The molecule has 0 saturated carbocycles. The van der Waals surface area contributed by atoms with Crippen LogP contribution >= 0.6 is 0 Å². The zero-order valence-corrected chi connectivity index (χ0v) is 10.3. The fourth-order valence-electron chi connectivity index (χ4n) is 1.35. The van der Waals surface area contributed by atoms with Gasteiger partial charge in [0.2, 0.25) is 5.91 Å². The second-order valence-electron chi connectivity index (χ2n) is 4.66. The number of rotatable bonds is 6. The van der Waals surface area contributed by atoms with Gasteiger partial charge in [0.05, 0.1) is 0 Å². The zero-order chi connectivity index (χ0) is 11.1. The first-order chi connectivity index (χ1) is 6.49. The van der Waals surface area contributed by atoms with Crippen molar-refractivity contribution in [3.8, 4) is 0 Å². The summed E-state index contributed by atoms with van der Waals surface area (Å²) < 4.78 is 0. The normalized spacial score (nSPS) is 13.4. The Morgan fingerprint density at radius 1 is 1.21 bits per heavy atom. The van der Waals surface area contributed by atoms with E-state index < -0.39 is 0 Å². The summed E-state index contributed by atoms with van der Waals surface area (Å²) >= 11 is 0. The summed E-state index contributed by atoms with van der Waals surface area (Å²) in [7, 11) is 0. The SMILES string of the molecule is CCCCC(NC(=O)C(C)C)C(C)C. The Morgan fingerprint density at radius 3 is 2.14 bits per heavy atom. The van der Waals surface area contributed by atoms with Crippen molar-refractivity contribution in [2.75, 3.05) is 0 Å². The van der Waals surface area contributed by atoms with Gasteiger partial charge >= 0.3 is 0 Å². The van der Waals surface area contributed by atoms with Crippen molar-refractivity contribution in [3.05, 3.63) is 0 Å². The second-order valence-corrected chi connectivity index (χ2v) is 4.66. The summed E-state index contributed by atoms with van der Waals surface area (Å²) in [4.78, 5) is 11.5. The lowest BCUT2D eigenvalue weighted by Gasteiger charge is -2.23. The molecule has 0 bridgehead atoms. The van der Waals surface area contributed by atoms with Crippen LogP contribution in [0, 0.1) is 11.8 Å². The van der Waals surface area contributed by atoms with Gasteiger partial charge in [-0.1, -0.05) is 47.5 Å². The van der Waals surface area contributed by atoms with E-state index in [1.54, 1.807) is 0 Å². The number of carbonyl (C=O) groups is 1. The highest BCUT2D eigenvalue weighted by molar-refractivity contribution is 5.78. The van der Waals surface area contributed by atoms with Gasteiger partial charge in [0.1, 0.15) is 0 Å². The van der Waals surface area contributed by atoms with Gasteiger partial charge in [-0.2, -0.15) is 0 Å². The Bertz CT molecular complexity index is 164. The zero-order valence-electron chi connectivity index (χ0n) is 10.3. The van der Waals surface area contributed by atoms with Gasteiger partial charge in [0.25, 0.3) is 0 Å². The fourth-order valence-corrected chi connectivity index (χ4v) is 1.35. The largest absolute Gasteiger partial charge is 0.353 e. The molecular weight excluding hydrogens is 174 g/mol.